The van der Waals surface area contributed by atoms with Crippen molar-refractivity contribution in [1.29, 1.82) is 0 Å². The first-order chi connectivity index (χ1) is 17.4. The molecule has 0 unspecified atom stereocenters. The largest absolute Gasteiger partial charge is 0.490 e. The smallest absolute Gasteiger partial charge is 0.335 e. The molecule has 8 heteroatoms. The Labute approximate surface area is 214 Å². The number of anilines is 1. The van der Waals surface area contributed by atoms with Crippen molar-refractivity contribution in [2.45, 2.75) is 26.9 Å². The zero-order valence-corrected chi connectivity index (χ0v) is 20.7. The van der Waals surface area contributed by atoms with Crippen LogP contribution in [-0.2, 0) is 22.6 Å². The molecule has 0 radical (unpaired) electrons. The van der Waals surface area contributed by atoms with Crippen LogP contribution in [0.5, 0.6) is 11.5 Å². The van der Waals surface area contributed by atoms with Crippen LogP contribution in [0.2, 0.25) is 5.02 Å². The molecule has 7 nitrogen and oxygen atoms in total. The molecule has 0 atom stereocenters. The predicted molar refractivity (Wildman–Crippen MR) is 138 cm³/mol. The van der Waals surface area contributed by atoms with Crippen molar-refractivity contribution in [3.05, 3.63) is 94.0 Å². The molecule has 1 N–H and O–H groups in total. The quantitative estimate of drug-likeness (QED) is 0.321. The van der Waals surface area contributed by atoms with Gasteiger partial charge in [0.2, 0.25) is 0 Å². The summed E-state index contributed by atoms with van der Waals surface area (Å²) in [6, 6.07) is 19.0. The van der Waals surface area contributed by atoms with E-state index in [0.29, 0.717) is 29.4 Å². The molecule has 1 fully saturated rings. The molecule has 0 saturated carbocycles. The van der Waals surface area contributed by atoms with Crippen LogP contribution in [0.4, 0.5) is 10.5 Å². The Morgan fingerprint density at radius 1 is 0.917 bits per heavy atom. The van der Waals surface area contributed by atoms with Gasteiger partial charge in [0.15, 0.2) is 11.5 Å². The van der Waals surface area contributed by atoms with Crippen molar-refractivity contribution < 1.29 is 23.9 Å². The summed E-state index contributed by atoms with van der Waals surface area (Å²) in [5.41, 5.74) is 2.63. The van der Waals surface area contributed by atoms with Gasteiger partial charge in [0.1, 0.15) is 12.2 Å². The number of hydrogen-bond acceptors (Lipinski definition) is 5. The number of barbiturate groups is 1. The normalized spacial score (nSPS) is 14.7. The molecule has 0 aliphatic carbocycles. The molecule has 0 bridgehead atoms. The van der Waals surface area contributed by atoms with Crippen LogP contribution in [0.1, 0.15) is 30.5 Å². The zero-order chi connectivity index (χ0) is 25.7. The Bertz CT molecular complexity index is 1320. The Balaban J connectivity index is 1.65. The number of benzene rings is 3. The molecule has 3 aromatic carbocycles. The Morgan fingerprint density at radius 2 is 1.64 bits per heavy atom. The maximum atomic E-state index is 13.2. The Morgan fingerprint density at radius 3 is 2.31 bits per heavy atom. The maximum absolute atomic E-state index is 13.2. The summed E-state index contributed by atoms with van der Waals surface area (Å²) in [5.74, 6) is -0.785. The second-order valence-electron chi connectivity index (χ2n) is 8.02. The summed E-state index contributed by atoms with van der Waals surface area (Å²) in [6.07, 6.45) is 2.20. The number of imide groups is 2. The summed E-state index contributed by atoms with van der Waals surface area (Å²) in [7, 11) is 0. The molecule has 4 amide bonds. The van der Waals surface area contributed by atoms with Gasteiger partial charge in [-0.25, -0.2) is 9.69 Å². The van der Waals surface area contributed by atoms with Gasteiger partial charge in [0.25, 0.3) is 11.8 Å². The van der Waals surface area contributed by atoms with E-state index in [1.165, 1.54) is 6.08 Å². The molecule has 36 heavy (non-hydrogen) atoms. The number of carbonyl (C=O) groups is 3. The molecule has 0 aromatic heterocycles. The van der Waals surface area contributed by atoms with Gasteiger partial charge in [-0.05, 0) is 60.4 Å². The van der Waals surface area contributed by atoms with E-state index in [2.05, 4.69) is 5.32 Å². The van der Waals surface area contributed by atoms with E-state index in [-0.39, 0.29) is 17.2 Å². The number of hydrogen-bond donors (Lipinski definition) is 1. The van der Waals surface area contributed by atoms with Gasteiger partial charge in [0, 0.05) is 0 Å². The molecule has 184 valence electrons. The number of nitrogens with zero attached hydrogens (tertiary/aromatic N) is 1. The molecule has 1 aliphatic heterocycles. The molecular weight excluding hydrogens is 480 g/mol. The minimum Gasteiger partial charge on any atom is -0.490 e. The molecule has 4 rings (SSSR count). The molecule has 1 saturated heterocycles. The van der Waals surface area contributed by atoms with Gasteiger partial charge in [-0.15, -0.1) is 0 Å². The van der Waals surface area contributed by atoms with Crippen molar-refractivity contribution in [1.82, 2.24) is 5.32 Å². The van der Waals surface area contributed by atoms with E-state index in [1.807, 2.05) is 56.3 Å². The number of nitrogens with one attached hydrogen (secondary N) is 1. The second-order valence-corrected chi connectivity index (χ2v) is 8.42. The number of halogens is 1. The van der Waals surface area contributed by atoms with Gasteiger partial charge in [0.05, 0.1) is 17.3 Å². The highest BCUT2D eigenvalue weighted by atomic mass is 35.5. The van der Waals surface area contributed by atoms with Crippen LogP contribution in [-0.4, -0.2) is 24.5 Å². The van der Waals surface area contributed by atoms with Crippen LogP contribution >= 0.6 is 11.6 Å². The number of urea groups is 1. The van der Waals surface area contributed by atoms with Crippen LogP contribution < -0.4 is 19.7 Å². The van der Waals surface area contributed by atoms with Crippen molar-refractivity contribution in [3.63, 3.8) is 0 Å². The number of carbonyl (C=O) groups excluding carboxylic acids is 3. The third-order valence-electron chi connectivity index (χ3n) is 5.57. The van der Waals surface area contributed by atoms with Crippen molar-refractivity contribution in [2.75, 3.05) is 11.5 Å². The van der Waals surface area contributed by atoms with E-state index in [4.69, 9.17) is 21.1 Å². The lowest BCUT2D eigenvalue weighted by atomic mass is 10.1. The minimum atomic E-state index is -0.802. The summed E-state index contributed by atoms with van der Waals surface area (Å²) in [5, 5.41) is 2.49. The number of rotatable bonds is 8. The average molecular weight is 505 g/mol. The lowest BCUT2D eigenvalue weighted by Gasteiger charge is -2.26. The van der Waals surface area contributed by atoms with Gasteiger partial charge in [-0.2, -0.15) is 0 Å². The minimum absolute atomic E-state index is 0.203. The standard InChI is InChI=1S/C28H25ClN2O5/c1-3-18-10-12-21(13-11-18)31-27(33)22(26(32)30-28(31)34)14-20-15-23(29)25(24(16-20)35-4-2)36-17-19-8-6-5-7-9-19/h5-16H,3-4,17H2,1-2H3,(H,30,32,34)/b22-14-. The van der Waals surface area contributed by atoms with Gasteiger partial charge < -0.3 is 9.47 Å². The van der Waals surface area contributed by atoms with Crippen LogP contribution in [0.15, 0.2) is 72.3 Å². The SMILES string of the molecule is CCOc1cc(/C=C2/C(=O)NC(=O)N(c3ccc(CC)cc3)C2=O)cc(Cl)c1OCc1ccccc1. The highest BCUT2D eigenvalue weighted by molar-refractivity contribution is 6.39. The van der Waals surface area contributed by atoms with E-state index in [9.17, 15) is 14.4 Å². The van der Waals surface area contributed by atoms with Crippen molar-refractivity contribution >= 4 is 41.2 Å². The third kappa shape index (κ3) is 5.42. The van der Waals surface area contributed by atoms with Crippen LogP contribution in [0, 0.1) is 0 Å². The van der Waals surface area contributed by atoms with Gasteiger partial charge in [-0.1, -0.05) is 61.0 Å². The van der Waals surface area contributed by atoms with Crippen LogP contribution in [0.3, 0.4) is 0 Å². The predicted octanol–water partition coefficient (Wildman–Crippen LogP) is 5.55. The molecule has 1 heterocycles. The number of aryl methyl sites for hydroxylation is 1. The van der Waals surface area contributed by atoms with Crippen LogP contribution in [0.25, 0.3) is 6.08 Å². The fourth-order valence-corrected chi connectivity index (χ4v) is 4.02. The first-order valence-corrected chi connectivity index (χ1v) is 11.9. The molecule has 3 aromatic rings. The summed E-state index contributed by atoms with van der Waals surface area (Å²) < 4.78 is 11.7. The van der Waals surface area contributed by atoms with E-state index in [0.717, 1.165) is 22.4 Å². The fourth-order valence-electron chi connectivity index (χ4n) is 3.74. The molecular formula is C28H25ClN2O5. The monoisotopic (exact) mass is 504 g/mol. The second kappa shape index (κ2) is 11.1. The zero-order valence-electron chi connectivity index (χ0n) is 19.9. The van der Waals surface area contributed by atoms with E-state index >= 15 is 0 Å². The average Bonchev–Trinajstić information content (AvgIpc) is 2.87. The van der Waals surface area contributed by atoms with Gasteiger partial charge in [-0.3, -0.25) is 14.9 Å². The molecule has 0 spiro atoms. The van der Waals surface area contributed by atoms with E-state index in [1.54, 1.807) is 24.3 Å². The lowest BCUT2D eigenvalue weighted by Crippen LogP contribution is -2.54. The highest BCUT2D eigenvalue weighted by Crippen LogP contribution is 2.38. The highest BCUT2D eigenvalue weighted by Gasteiger charge is 2.36. The maximum Gasteiger partial charge on any atom is 0.335 e. The Kier molecular flexibility index (Phi) is 7.71. The first kappa shape index (κ1) is 25.0. The summed E-state index contributed by atoms with van der Waals surface area (Å²) in [4.78, 5) is 39.2. The van der Waals surface area contributed by atoms with Gasteiger partial charge >= 0.3 is 6.03 Å². The van der Waals surface area contributed by atoms with E-state index < -0.39 is 17.8 Å². The van der Waals surface area contributed by atoms with Crippen molar-refractivity contribution in [2.24, 2.45) is 0 Å². The number of amides is 4. The molecule has 1 aliphatic rings. The summed E-state index contributed by atoms with van der Waals surface area (Å²) in [6.45, 7) is 4.47. The fraction of sp³-hybridized carbons (Fsp3) is 0.179. The lowest BCUT2D eigenvalue weighted by molar-refractivity contribution is -0.122. The van der Waals surface area contributed by atoms with Crippen molar-refractivity contribution in [3.8, 4) is 11.5 Å². The number of ether oxygens (including phenoxy) is 2. The third-order valence-corrected chi connectivity index (χ3v) is 5.85. The Hall–Kier alpha value is -4.10. The first-order valence-electron chi connectivity index (χ1n) is 11.5. The summed E-state index contributed by atoms with van der Waals surface area (Å²) >= 11 is 6.52. The topological polar surface area (TPSA) is 84.9 Å².